The first kappa shape index (κ1) is 14.0. The second-order valence-electron chi connectivity index (χ2n) is 4.06. The topological polar surface area (TPSA) is 61.2 Å². The van der Waals surface area contributed by atoms with E-state index in [0.29, 0.717) is 5.56 Å². The van der Waals surface area contributed by atoms with Gasteiger partial charge in [0.2, 0.25) is 0 Å². The fourth-order valence-electron chi connectivity index (χ4n) is 1.70. The van der Waals surface area contributed by atoms with Crippen LogP contribution in [0.5, 0.6) is 0 Å². The maximum Gasteiger partial charge on any atom is 0.264 e. The number of sulfonamides is 1. The lowest BCUT2D eigenvalue weighted by molar-refractivity contribution is 0.589. The average Bonchev–Trinajstić information content (AvgIpc) is 2.47. The molecule has 0 amide bonds. The molecular formula is C14H11FN2O2S. The van der Waals surface area contributed by atoms with Gasteiger partial charge in [0.15, 0.2) is 0 Å². The summed E-state index contributed by atoms with van der Waals surface area (Å²) in [5.74, 6) is -0.618. The van der Waals surface area contributed by atoms with Crippen molar-refractivity contribution in [2.24, 2.45) is 0 Å². The van der Waals surface area contributed by atoms with E-state index in [1.165, 1.54) is 49.5 Å². The van der Waals surface area contributed by atoms with Gasteiger partial charge in [-0.05, 0) is 36.4 Å². The molecule has 0 aliphatic rings. The van der Waals surface area contributed by atoms with Crippen molar-refractivity contribution < 1.29 is 12.8 Å². The SMILES string of the molecule is CN(c1ccccc1F)S(=O)(=O)c1ccc(C#N)cc1. The van der Waals surface area contributed by atoms with Gasteiger partial charge >= 0.3 is 0 Å². The number of nitrogens with zero attached hydrogens (tertiary/aromatic N) is 2. The summed E-state index contributed by atoms with van der Waals surface area (Å²) in [6.45, 7) is 0. The van der Waals surface area contributed by atoms with Crippen molar-refractivity contribution >= 4 is 15.7 Å². The number of hydrogen-bond acceptors (Lipinski definition) is 3. The minimum Gasteiger partial charge on any atom is -0.266 e. The summed E-state index contributed by atoms with van der Waals surface area (Å²) in [5, 5.41) is 8.70. The fourth-order valence-corrected chi connectivity index (χ4v) is 2.90. The van der Waals surface area contributed by atoms with Crippen LogP contribution in [0.2, 0.25) is 0 Å². The van der Waals surface area contributed by atoms with Gasteiger partial charge in [0.05, 0.1) is 22.2 Å². The first-order valence-electron chi connectivity index (χ1n) is 5.70. The van der Waals surface area contributed by atoms with Crippen LogP contribution in [0, 0.1) is 17.1 Å². The third-order valence-electron chi connectivity index (χ3n) is 2.83. The number of nitriles is 1. The Hall–Kier alpha value is -2.39. The molecule has 0 saturated carbocycles. The highest BCUT2D eigenvalue weighted by molar-refractivity contribution is 7.92. The Morgan fingerprint density at radius 3 is 2.25 bits per heavy atom. The number of anilines is 1. The zero-order valence-electron chi connectivity index (χ0n) is 10.6. The molecule has 0 aromatic heterocycles. The molecule has 0 radical (unpaired) electrons. The lowest BCUT2D eigenvalue weighted by Crippen LogP contribution is -2.27. The number of para-hydroxylation sites is 1. The van der Waals surface area contributed by atoms with Crippen LogP contribution in [-0.2, 0) is 10.0 Å². The van der Waals surface area contributed by atoms with E-state index in [4.69, 9.17) is 5.26 Å². The monoisotopic (exact) mass is 290 g/mol. The zero-order chi connectivity index (χ0) is 14.8. The number of halogens is 1. The minimum absolute atomic E-state index is 0.00209. The Balaban J connectivity index is 2.44. The summed E-state index contributed by atoms with van der Waals surface area (Å²) in [6.07, 6.45) is 0. The third-order valence-corrected chi connectivity index (χ3v) is 4.62. The Morgan fingerprint density at radius 2 is 1.70 bits per heavy atom. The molecule has 0 fully saturated rings. The maximum atomic E-state index is 13.7. The van der Waals surface area contributed by atoms with E-state index in [1.807, 2.05) is 6.07 Å². The lowest BCUT2D eigenvalue weighted by atomic mass is 10.2. The normalized spacial score (nSPS) is 10.8. The highest BCUT2D eigenvalue weighted by Gasteiger charge is 2.23. The van der Waals surface area contributed by atoms with Crippen LogP contribution in [-0.4, -0.2) is 15.5 Å². The minimum atomic E-state index is -3.86. The van der Waals surface area contributed by atoms with E-state index >= 15 is 0 Å². The first-order chi connectivity index (χ1) is 9.46. The molecule has 2 aromatic rings. The van der Waals surface area contributed by atoms with Gasteiger partial charge in [-0.2, -0.15) is 5.26 Å². The molecule has 6 heteroatoms. The van der Waals surface area contributed by atoms with Gasteiger partial charge < -0.3 is 0 Å². The third kappa shape index (κ3) is 2.49. The molecule has 0 unspecified atom stereocenters. The van der Waals surface area contributed by atoms with Gasteiger partial charge in [-0.15, -0.1) is 0 Å². The van der Waals surface area contributed by atoms with E-state index < -0.39 is 15.8 Å². The van der Waals surface area contributed by atoms with Crippen LogP contribution in [0.4, 0.5) is 10.1 Å². The quantitative estimate of drug-likeness (QED) is 0.872. The summed E-state index contributed by atoms with van der Waals surface area (Å²) < 4.78 is 39.3. The van der Waals surface area contributed by atoms with Crippen molar-refractivity contribution in [3.05, 3.63) is 59.9 Å². The van der Waals surface area contributed by atoms with Crippen molar-refractivity contribution in [1.82, 2.24) is 0 Å². The predicted octanol–water partition coefficient (Wildman–Crippen LogP) is 2.52. The zero-order valence-corrected chi connectivity index (χ0v) is 11.4. The molecule has 0 spiro atoms. The summed E-state index contributed by atoms with van der Waals surface area (Å²) in [4.78, 5) is 0.00209. The van der Waals surface area contributed by atoms with Crippen molar-refractivity contribution in [3.63, 3.8) is 0 Å². The number of hydrogen-bond donors (Lipinski definition) is 0. The molecule has 0 aliphatic heterocycles. The molecular weight excluding hydrogens is 279 g/mol. The maximum absolute atomic E-state index is 13.7. The van der Waals surface area contributed by atoms with Crippen molar-refractivity contribution in [1.29, 1.82) is 5.26 Å². The molecule has 4 nitrogen and oxygen atoms in total. The lowest BCUT2D eigenvalue weighted by Gasteiger charge is -2.19. The molecule has 20 heavy (non-hydrogen) atoms. The second kappa shape index (κ2) is 5.31. The Bertz CT molecular complexity index is 765. The van der Waals surface area contributed by atoms with Crippen LogP contribution in [0.1, 0.15) is 5.56 Å². The van der Waals surface area contributed by atoms with Crippen LogP contribution in [0.25, 0.3) is 0 Å². The van der Waals surface area contributed by atoms with E-state index in [9.17, 15) is 12.8 Å². The molecule has 102 valence electrons. The van der Waals surface area contributed by atoms with E-state index in [1.54, 1.807) is 6.07 Å². The molecule has 0 atom stereocenters. The van der Waals surface area contributed by atoms with E-state index in [-0.39, 0.29) is 10.6 Å². The summed E-state index contributed by atoms with van der Waals surface area (Å²) in [7, 11) is -2.57. The molecule has 0 N–H and O–H groups in total. The standard InChI is InChI=1S/C14H11FN2O2S/c1-17(14-5-3-2-4-13(14)15)20(18,19)12-8-6-11(10-16)7-9-12/h2-9H,1H3. The highest BCUT2D eigenvalue weighted by atomic mass is 32.2. The van der Waals surface area contributed by atoms with Crippen molar-refractivity contribution in [3.8, 4) is 6.07 Å². The number of benzene rings is 2. The summed E-state index contributed by atoms with van der Waals surface area (Å²) in [5.41, 5.74) is 0.328. The average molecular weight is 290 g/mol. The Kier molecular flexibility index (Phi) is 3.72. The highest BCUT2D eigenvalue weighted by Crippen LogP contribution is 2.24. The summed E-state index contributed by atoms with van der Waals surface area (Å²) in [6, 6.07) is 13.0. The van der Waals surface area contributed by atoms with Crippen molar-refractivity contribution in [2.75, 3.05) is 11.4 Å². The van der Waals surface area contributed by atoms with E-state index in [0.717, 1.165) is 4.31 Å². The van der Waals surface area contributed by atoms with Crippen LogP contribution in [0.3, 0.4) is 0 Å². The van der Waals surface area contributed by atoms with Crippen LogP contribution in [0.15, 0.2) is 53.4 Å². The van der Waals surface area contributed by atoms with E-state index in [2.05, 4.69) is 0 Å². The number of rotatable bonds is 3. The van der Waals surface area contributed by atoms with Gasteiger partial charge in [-0.3, -0.25) is 4.31 Å². The molecule has 0 bridgehead atoms. The molecule has 2 aromatic carbocycles. The van der Waals surface area contributed by atoms with Crippen LogP contribution < -0.4 is 4.31 Å². The molecule has 0 heterocycles. The van der Waals surface area contributed by atoms with Crippen LogP contribution >= 0.6 is 0 Å². The second-order valence-corrected chi connectivity index (χ2v) is 6.03. The van der Waals surface area contributed by atoms with Gasteiger partial charge in [-0.25, -0.2) is 12.8 Å². The Morgan fingerprint density at radius 1 is 1.10 bits per heavy atom. The predicted molar refractivity (Wildman–Crippen MR) is 73.1 cm³/mol. The molecule has 0 aliphatic carbocycles. The van der Waals surface area contributed by atoms with Gasteiger partial charge in [0, 0.05) is 7.05 Å². The van der Waals surface area contributed by atoms with Gasteiger partial charge in [0.25, 0.3) is 10.0 Å². The summed E-state index contributed by atoms with van der Waals surface area (Å²) >= 11 is 0. The first-order valence-corrected chi connectivity index (χ1v) is 7.14. The van der Waals surface area contributed by atoms with Crippen molar-refractivity contribution in [2.45, 2.75) is 4.90 Å². The largest absolute Gasteiger partial charge is 0.266 e. The molecule has 0 saturated heterocycles. The van der Waals surface area contributed by atoms with Gasteiger partial charge in [-0.1, -0.05) is 12.1 Å². The Labute approximate surface area is 116 Å². The van der Waals surface area contributed by atoms with Gasteiger partial charge in [0.1, 0.15) is 5.82 Å². The molecule has 2 rings (SSSR count). The fraction of sp³-hybridized carbons (Fsp3) is 0.0714. The smallest absolute Gasteiger partial charge is 0.264 e.